The lowest BCUT2D eigenvalue weighted by Gasteiger charge is -2.30. The van der Waals surface area contributed by atoms with Gasteiger partial charge in [0, 0.05) is 5.02 Å². The molecule has 26 heavy (non-hydrogen) atoms. The normalized spacial score (nSPS) is 12.5. The average molecular weight is 419 g/mol. The molecule has 0 aliphatic heterocycles. The molecule has 0 aliphatic carbocycles. The Morgan fingerprint density at radius 1 is 1.23 bits per heavy atom. The Hall–Kier alpha value is -1.83. The quantitative estimate of drug-likeness (QED) is 0.759. The average Bonchev–Trinajstić information content (AvgIpc) is 2.55. The fraction of sp³-hybridized carbons (Fsp3) is 0.235. The molecule has 0 spiro atoms. The first-order chi connectivity index (χ1) is 12.1. The van der Waals surface area contributed by atoms with E-state index >= 15 is 0 Å². The Labute approximate surface area is 161 Å². The highest BCUT2D eigenvalue weighted by Crippen LogP contribution is 2.28. The van der Waals surface area contributed by atoms with Gasteiger partial charge in [-0.05, 0) is 36.8 Å². The van der Waals surface area contributed by atoms with E-state index in [-0.39, 0.29) is 22.8 Å². The summed E-state index contributed by atoms with van der Waals surface area (Å²) in [5.41, 5.74) is 0.0405. The summed E-state index contributed by atoms with van der Waals surface area (Å²) in [6.07, 6.45) is 1.03. The monoisotopic (exact) mass is 418 g/mol. The number of nitrogens with zero attached hydrogens (tertiary/aromatic N) is 1. The first-order valence-corrected chi connectivity index (χ1v) is 10.3. The van der Waals surface area contributed by atoms with Gasteiger partial charge in [0.2, 0.25) is 15.9 Å². The second-order valence-electron chi connectivity index (χ2n) is 5.55. The molecule has 0 unspecified atom stereocenters. The van der Waals surface area contributed by atoms with Crippen LogP contribution in [0.1, 0.15) is 13.3 Å². The molecule has 1 amide bonds. The number of hydrogen-bond acceptors (Lipinski definition) is 3. The number of sulfonamides is 1. The molecular weight excluding hydrogens is 402 g/mol. The van der Waals surface area contributed by atoms with E-state index in [1.165, 1.54) is 30.3 Å². The molecule has 1 N–H and O–H groups in total. The molecule has 2 aromatic carbocycles. The van der Waals surface area contributed by atoms with E-state index < -0.39 is 27.8 Å². The Morgan fingerprint density at radius 3 is 2.46 bits per heavy atom. The van der Waals surface area contributed by atoms with Crippen molar-refractivity contribution in [1.82, 2.24) is 0 Å². The molecular formula is C17H17Cl2FN2O3S. The van der Waals surface area contributed by atoms with Crippen LogP contribution in [0.25, 0.3) is 0 Å². The van der Waals surface area contributed by atoms with Gasteiger partial charge in [0.05, 0.1) is 22.7 Å². The number of para-hydroxylation sites is 1. The van der Waals surface area contributed by atoms with E-state index in [2.05, 4.69) is 5.32 Å². The smallest absolute Gasteiger partial charge is 0.248 e. The summed E-state index contributed by atoms with van der Waals surface area (Å²) in [5, 5.41) is 3.16. The molecule has 0 saturated heterocycles. The summed E-state index contributed by atoms with van der Waals surface area (Å²) < 4.78 is 39.6. The number of amides is 1. The number of benzene rings is 2. The summed E-state index contributed by atoms with van der Waals surface area (Å²) in [7, 11) is -3.93. The molecule has 0 heterocycles. The number of carbonyl (C=O) groups excluding carboxylic acids is 1. The zero-order valence-electron chi connectivity index (χ0n) is 14.0. The van der Waals surface area contributed by atoms with Crippen LogP contribution in [0.15, 0.2) is 42.5 Å². The number of hydrogen-bond donors (Lipinski definition) is 1. The maximum absolute atomic E-state index is 14.2. The van der Waals surface area contributed by atoms with Crippen LogP contribution >= 0.6 is 23.2 Å². The lowest BCUT2D eigenvalue weighted by molar-refractivity contribution is -0.117. The SMILES string of the molecule is CC[C@H](C(=O)Nc1cc(Cl)ccc1Cl)N(c1ccccc1F)S(C)(=O)=O. The predicted molar refractivity (Wildman–Crippen MR) is 103 cm³/mol. The fourth-order valence-electron chi connectivity index (χ4n) is 2.48. The van der Waals surface area contributed by atoms with E-state index in [1.807, 2.05) is 0 Å². The Balaban J connectivity index is 2.44. The van der Waals surface area contributed by atoms with Gasteiger partial charge in [-0.3, -0.25) is 9.10 Å². The van der Waals surface area contributed by atoms with E-state index in [9.17, 15) is 17.6 Å². The molecule has 1 atom stereocenters. The van der Waals surface area contributed by atoms with Crippen molar-refractivity contribution in [2.24, 2.45) is 0 Å². The number of carbonyl (C=O) groups is 1. The van der Waals surface area contributed by atoms with Crippen molar-refractivity contribution >= 4 is 50.5 Å². The number of anilines is 2. The van der Waals surface area contributed by atoms with Crippen LogP contribution < -0.4 is 9.62 Å². The van der Waals surface area contributed by atoms with Gasteiger partial charge in [-0.2, -0.15) is 0 Å². The lowest BCUT2D eigenvalue weighted by Crippen LogP contribution is -2.47. The summed E-state index contributed by atoms with van der Waals surface area (Å²) in [5.74, 6) is -1.39. The highest BCUT2D eigenvalue weighted by Gasteiger charge is 2.33. The van der Waals surface area contributed by atoms with Gasteiger partial charge < -0.3 is 5.32 Å². The van der Waals surface area contributed by atoms with Crippen molar-refractivity contribution in [3.05, 3.63) is 58.3 Å². The third-order valence-corrected chi connectivity index (χ3v) is 5.34. The maximum Gasteiger partial charge on any atom is 0.248 e. The number of nitrogens with one attached hydrogen (secondary N) is 1. The molecule has 140 valence electrons. The fourth-order valence-corrected chi connectivity index (χ4v) is 4.02. The van der Waals surface area contributed by atoms with E-state index in [4.69, 9.17) is 23.2 Å². The van der Waals surface area contributed by atoms with Crippen molar-refractivity contribution in [3.8, 4) is 0 Å². The highest BCUT2D eigenvalue weighted by molar-refractivity contribution is 7.92. The number of rotatable bonds is 6. The summed E-state index contributed by atoms with van der Waals surface area (Å²) in [6.45, 7) is 1.63. The summed E-state index contributed by atoms with van der Waals surface area (Å²) >= 11 is 11.9. The van der Waals surface area contributed by atoms with Crippen molar-refractivity contribution in [1.29, 1.82) is 0 Å². The predicted octanol–water partition coefficient (Wildman–Crippen LogP) is 4.32. The van der Waals surface area contributed by atoms with E-state index in [0.29, 0.717) is 5.02 Å². The first kappa shape index (κ1) is 20.5. The first-order valence-electron chi connectivity index (χ1n) is 7.65. The van der Waals surface area contributed by atoms with Gasteiger partial charge in [0.1, 0.15) is 11.9 Å². The second kappa shape index (κ2) is 8.24. The van der Waals surface area contributed by atoms with Gasteiger partial charge in [0.25, 0.3) is 0 Å². The maximum atomic E-state index is 14.2. The minimum atomic E-state index is -3.93. The van der Waals surface area contributed by atoms with Crippen molar-refractivity contribution in [3.63, 3.8) is 0 Å². The third-order valence-electron chi connectivity index (χ3n) is 3.61. The van der Waals surface area contributed by atoms with Gasteiger partial charge >= 0.3 is 0 Å². The Morgan fingerprint density at radius 2 is 1.88 bits per heavy atom. The largest absolute Gasteiger partial charge is 0.323 e. The van der Waals surface area contributed by atoms with Crippen molar-refractivity contribution in [2.45, 2.75) is 19.4 Å². The van der Waals surface area contributed by atoms with Gasteiger partial charge in [-0.15, -0.1) is 0 Å². The molecule has 9 heteroatoms. The standard InChI is InChI=1S/C17H17Cl2FN2O3S/c1-3-15(17(23)21-14-10-11(18)8-9-12(14)19)22(26(2,24)25)16-7-5-4-6-13(16)20/h4-10,15H,3H2,1-2H3,(H,21,23)/t15-/m1/s1. The Kier molecular flexibility index (Phi) is 6.49. The second-order valence-corrected chi connectivity index (χ2v) is 8.25. The van der Waals surface area contributed by atoms with Crippen molar-refractivity contribution in [2.75, 3.05) is 15.9 Å². The van der Waals surface area contributed by atoms with Crippen LogP contribution in [0, 0.1) is 5.82 Å². The molecule has 0 aromatic heterocycles. The molecule has 0 radical (unpaired) electrons. The molecule has 2 rings (SSSR count). The van der Waals surface area contributed by atoms with Gasteiger partial charge in [-0.25, -0.2) is 12.8 Å². The van der Waals surface area contributed by atoms with Crippen LogP contribution in [-0.2, 0) is 14.8 Å². The van der Waals surface area contributed by atoms with Gasteiger partial charge in [0.15, 0.2) is 0 Å². The third kappa shape index (κ3) is 4.66. The lowest BCUT2D eigenvalue weighted by atomic mass is 10.1. The molecule has 0 saturated carbocycles. The Bertz CT molecular complexity index is 922. The van der Waals surface area contributed by atoms with Crippen LogP contribution in [0.4, 0.5) is 15.8 Å². The summed E-state index contributed by atoms with van der Waals surface area (Å²) in [4.78, 5) is 12.7. The van der Waals surface area contributed by atoms with Crippen molar-refractivity contribution < 1.29 is 17.6 Å². The minimum absolute atomic E-state index is 0.116. The van der Waals surface area contributed by atoms with Crippen LogP contribution in [0.3, 0.4) is 0 Å². The molecule has 0 bridgehead atoms. The molecule has 0 aliphatic rings. The summed E-state index contributed by atoms with van der Waals surface area (Å²) in [6, 6.07) is 8.70. The minimum Gasteiger partial charge on any atom is -0.323 e. The van der Waals surface area contributed by atoms with Gasteiger partial charge in [-0.1, -0.05) is 42.3 Å². The van der Waals surface area contributed by atoms with Crippen LogP contribution in [0.2, 0.25) is 10.0 Å². The highest BCUT2D eigenvalue weighted by atomic mass is 35.5. The molecule has 5 nitrogen and oxygen atoms in total. The molecule has 0 fully saturated rings. The zero-order chi connectivity index (χ0) is 19.5. The van der Waals surface area contributed by atoms with E-state index in [1.54, 1.807) is 13.0 Å². The topological polar surface area (TPSA) is 66.5 Å². The van der Waals surface area contributed by atoms with E-state index in [0.717, 1.165) is 16.6 Å². The molecule has 2 aromatic rings. The number of halogens is 3. The zero-order valence-corrected chi connectivity index (χ0v) is 16.4. The van der Waals surface area contributed by atoms with Crippen LogP contribution in [0.5, 0.6) is 0 Å². The van der Waals surface area contributed by atoms with Crippen LogP contribution in [-0.4, -0.2) is 26.6 Å².